The smallest absolute Gasteiger partial charge is 0.143 e. The zero-order chi connectivity index (χ0) is 36.2. The fourth-order valence-corrected chi connectivity index (χ4v) is 6.07. The maximum Gasteiger partial charge on any atom is 0.143 e. The third kappa shape index (κ3) is 5.81. The van der Waals surface area contributed by atoms with E-state index in [-0.39, 0.29) is 31.6 Å². The van der Waals surface area contributed by atoms with Crippen molar-refractivity contribution in [1.29, 1.82) is 0 Å². The molecule has 0 unspecified atom stereocenters. The molecule has 0 aliphatic rings. The van der Waals surface area contributed by atoms with E-state index in [9.17, 15) is 0 Å². The minimum Gasteiger partial charge on any atom is -0.500 e. The van der Waals surface area contributed by atoms with Crippen molar-refractivity contribution in [2.24, 2.45) is 5.92 Å². The van der Waals surface area contributed by atoms with E-state index in [1.165, 1.54) is 6.20 Å². The zero-order valence-corrected chi connectivity index (χ0v) is 28.6. The van der Waals surface area contributed by atoms with Gasteiger partial charge in [-0.05, 0) is 66.4 Å². The quantitative estimate of drug-likeness (QED) is 0.166. The molecule has 0 bridgehead atoms. The molecule has 5 heteroatoms. The van der Waals surface area contributed by atoms with Gasteiger partial charge in [0.2, 0.25) is 0 Å². The molecule has 9 aromatic rings. The van der Waals surface area contributed by atoms with E-state index in [0.29, 0.717) is 16.8 Å². The van der Waals surface area contributed by atoms with Gasteiger partial charge in [0, 0.05) is 66.3 Å². The number of aryl methyl sites for hydroxylation is 1. The summed E-state index contributed by atoms with van der Waals surface area (Å²) in [5, 5.41) is 6.16. The van der Waals surface area contributed by atoms with E-state index in [2.05, 4.69) is 52.4 Å². The van der Waals surface area contributed by atoms with Crippen LogP contribution in [0.5, 0.6) is 0 Å². The van der Waals surface area contributed by atoms with Crippen LogP contribution < -0.4 is 0 Å². The molecular weight excluding hydrogens is 769 g/mol. The number of pyridine rings is 2. The van der Waals surface area contributed by atoms with Crippen molar-refractivity contribution in [1.82, 2.24) is 9.97 Å². The molecule has 9 rings (SSSR count). The number of hydrogen-bond acceptors (Lipinski definition) is 4. The molecule has 0 spiro atoms. The normalized spacial score (nSPS) is 13.4. The van der Waals surface area contributed by atoms with Gasteiger partial charge >= 0.3 is 0 Å². The predicted octanol–water partition coefficient (Wildman–Crippen LogP) is 11.6. The Bertz CT molecular complexity index is 2740. The molecule has 4 heterocycles. The van der Waals surface area contributed by atoms with Crippen LogP contribution in [0, 0.1) is 24.9 Å². The molecule has 0 N–H and O–H groups in total. The van der Waals surface area contributed by atoms with Gasteiger partial charge in [0.25, 0.3) is 0 Å². The van der Waals surface area contributed by atoms with Gasteiger partial charge < -0.3 is 18.8 Å². The Morgan fingerprint density at radius 3 is 2.12 bits per heavy atom. The topological polar surface area (TPSA) is 52.1 Å². The molecule has 4 nitrogen and oxygen atoms in total. The number of hydrogen-bond donors (Lipinski definition) is 0. The Labute approximate surface area is 299 Å². The Hall–Kier alpha value is -5.09. The van der Waals surface area contributed by atoms with Crippen molar-refractivity contribution >= 4 is 54.6 Å². The fourth-order valence-electron chi connectivity index (χ4n) is 6.07. The average Bonchev–Trinajstić information content (AvgIpc) is 3.74. The minimum atomic E-state index is -2.09. The van der Waals surface area contributed by atoms with Gasteiger partial charge in [-0.25, -0.2) is 0 Å². The number of benzene rings is 5. The molecule has 0 aliphatic heterocycles. The standard InChI is InChI=1S/C31H22NO2.C12H10N.Ir/c1-18(2)16-19-14-15-32-27(17-19)26-8-5-7-21-23-12-13-24-25(30(23)34-31(21)26)11-10-22-20-6-3-4-9-28(20)33-29(22)24;1-10-7-8-12(13-9-10)11-5-3-2-4-6-11;/h3-7,9-15,17-18H,16H2,1-2H3;2-5,7-9H,1H3;/q2*-1;/i16D2;1D3;. The zero-order valence-electron chi connectivity index (χ0n) is 31.2. The van der Waals surface area contributed by atoms with Crippen molar-refractivity contribution < 1.29 is 35.8 Å². The molecule has 4 aromatic heterocycles. The Balaban J connectivity index is 0.000000216. The molecular formula is C43H32IrN2O2-2. The molecule has 5 aromatic carbocycles. The summed E-state index contributed by atoms with van der Waals surface area (Å²) in [6, 6.07) is 41.0. The number of fused-ring (bicyclic) bond motifs is 9. The molecule has 48 heavy (non-hydrogen) atoms. The van der Waals surface area contributed by atoms with Crippen LogP contribution in [0.3, 0.4) is 0 Å². The van der Waals surface area contributed by atoms with Crippen molar-refractivity contribution in [2.45, 2.75) is 27.1 Å². The predicted molar refractivity (Wildman–Crippen MR) is 192 cm³/mol. The first-order valence-electron chi connectivity index (χ1n) is 18.0. The molecule has 0 fully saturated rings. The molecule has 0 saturated carbocycles. The van der Waals surface area contributed by atoms with E-state index < -0.39 is 13.2 Å². The molecule has 237 valence electrons. The fraction of sp³-hybridized carbons (Fsp3) is 0.116. The summed E-state index contributed by atoms with van der Waals surface area (Å²) in [5.74, 6) is -0.167. The Morgan fingerprint density at radius 2 is 1.42 bits per heavy atom. The second kappa shape index (κ2) is 13.2. The van der Waals surface area contributed by atoms with Gasteiger partial charge in [0.15, 0.2) is 0 Å². The van der Waals surface area contributed by atoms with Crippen molar-refractivity contribution in [3.05, 3.63) is 145 Å². The summed E-state index contributed by atoms with van der Waals surface area (Å²) >= 11 is 0. The van der Waals surface area contributed by atoms with Crippen molar-refractivity contribution in [3.63, 3.8) is 0 Å². The van der Waals surface area contributed by atoms with E-state index in [1.807, 2.05) is 68.4 Å². The molecule has 0 amide bonds. The molecule has 0 atom stereocenters. The summed E-state index contributed by atoms with van der Waals surface area (Å²) in [5.41, 5.74) is 7.02. The second-order valence-electron chi connectivity index (χ2n) is 11.7. The van der Waals surface area contributed by atoms with E-state index in [4.69, 9.17) is 15.7 Å². The number of nitrogens with zero attached hydrogens (tertiary/aromatic N) is 2. The largest absolute Gasteiger partial charge is 0.500 e. The number of aromatic nitrogens is 2. The van der Waals surface area contributed by atoms with E-state index in [1.54, 1.807) is 30.5 Å². The monoisotopic (exact) mass is 806 g/mol. The average molecular weight is 806 g/mol. The Morgan fingerprint density at radius 1 is 0.688 bits per heavy atom. The van der Waals surface area contributed by atoms with Gasteiger partial charge in [0.1, 0.15) is 16.7 Å². The van der Waals surface area contributed by atoms with Crippen molar-refractivity contribution in [3.8, 4) is 22.5 Å². The second-order valence-corrected chi connectivity index (χ2v) is 11.7. The Kier molecular flexibility index (Phi) is 7.13. The molecule has 1 radical (unpaired) electrons. The van der Waals surface area contributed by atoms with Gasteiger partial charge in [0.05, 0.1) is 5.58 Å². The van der Waals surface area contributed by atoms with Gasteiger partial charge in [-0.1, -0.05) is 72.8 Å². The van der Waals surface area contributed by atoms with Crippen LogP contribution in [0.2, 0.25) is 0 Å². The molecule has 0 saturated heterocycles. The first kappa shape index (κ1) is 25.9. The number of para-hydroxylation sites is 1. The van der Waals surface area contributed by atoms with E-state index in [0.717, 1.165) is 65.9 Å². The van der Waals surface area contributed by atoms with Crippen LogP contribution in [0.1, 0.15) is 31.8 Å². The third-order valence-electron chi connectivity index (χ3n) is 8.15. The summed E-state index contributed by atoms with van der Waals surface area (Å²) in [4.78, 5) is 8.68. The third-order valence-corrected chi connectivity index (χ3v) is 8.15. The van der Waals surface area contributed by atoms with Crippen LogP contribution in [0.4, 0.5) is 0 Å². The number of furan rings is 2. The van der Waals surface area contributed by atoms with Gasteiger partial charge in [-0.2, -0.15) is 0 Å². The van der Waals surface area contributed by atoms with Gasteiger partial charge in [-0.3, -0.25) is 0 Å². The van der Waals surface area contributed by atoms with Crippen LogP contribution in [0.15, 0.2) is 130 Å². The summed E-state index contributed by atoms with van der Waals surface area (Å²) in [6.07, 6.45) is 1.59. The summed E-state index contributed by atoms with van der Waals surface area (Å²) in [7, 11) is 0. The SMILES string of the molecule is [2H]C([2H])([2H])c1ccc(-c2[c-]cccc2)nc1.[2H]C([2H])(c1ccnc(-c2[c-]ccc3c2oc2c3ccc3c2ccc2c4ccccc4oc23)c1)C(C)C.[Ir]. The number of rotatable bonds is 4. The van der Waals surface area contributed by atoms with Crippen LogP contribution in [-0.2, 0) is 26.5 Å². The van der Waals surface area contributed by atoms with Gasteiger partial charge in [-0.15, -0.1) is 54.1 Å². The summed E-state index contributed by atoms with van der Waals surface area (Å²) in [6.45, 7) is 1.68. The van der Waals surface area contributed by atoms with Crippen LogP contribution >= 0.6 is 0 Å². The maximum atomic E-state index is 8.52. The molecule has 0 aliphatic carbocycles. The first-order chi connectivity index (χ1) is 25.0. The van der Waals surface area contributed by atoms with E-state index >= 15 is 0 Å². The first-order valence-corrected chi connectivity index (χ1v) is 15.5. The summed E-state index contributed by atoms with van der Waals surface area (Å²) < 4.78 is 51.5. The van der Waals surface area contributed by atoms with Crippen LogP contribution in [-0.4, -0.2) is 9.97 Å². The maximum absolute atomic E-state index is 8.52. The van der Waals surface area contributed by atoms with Crippen LogP contribution in [0.25, 0.3) is 77.2 Å². The van der Waals surface area contributed by atoms with Crippen molar-refractivity contribution in [2.75, 3.05) is 0 Å². The minimum absolute atomic E-state index is 0.